The quantitative estimate of drug-likeness (QED) is 0.493. The van der Waals surface area contributed by atoms with Crippen molar-refractivity contribution in [2.45, 2.75) is 25.9 Å². The summed E-state index contributed by atoms with van der Waals surface area (Å²) < 4.78 is 12.9. The highest BCUT2D eigenvalue weighted by atomic mass is 16.5. The van der Waals surface area contributed by atoms with Crippen molar-refractivity contribution in [1.82, 2.24) is 20.1 Å². The molecule has 168 valence electrons. The summed E-state index contributed by atoms with van der Waals surface area (Å²) in [6.07, 6.45) is 1.77. The summed E-state index contributed by atoms with van der Waals surface area (Å²) in [5.41, 5.74) is 7.73. The number of aromatic nitrogens is 3. The summed E-state index contributed by atoms with van der Waals surface area (Å²) in [6.45, 7) is 4.96. The third-order valence-corrected chi connectivity index (χ3v) is 5.23. The number of hydrogen-bond acceptors (Lipinski definition) is 7. The summed E-state index contributed by atoms with van der Waals surface area (Å²) in [5.74, 6) is 0.112. The lowest BCUT2D eigenvalue weighted by atomic mass is 10.1. The summed E-state index contributed by atoms with van der Waals surface area (Å²) >= 11 is 0. The number of benzene rings is 2. The van der Waals surface area contributed by atoms with Crippen LogP contribution in [0.5, 0.6) is 11.5 Å². The van der Waals surface area contributed by atoms with E-state index in [4.69, 9.17) is 15.2 Å². The fraction of sp³-hybridized carbons (Fsp3) is 0.348. The van der Waals surface area contributed by atoms with Crippen LogP contribution in [-0.2, 0) is 11.2 Å². The summed E-state index contributed by atoms with van der Waals surface area (Å²) in [4.78, 5) is 12.0. The second-order valence-corrected chi connectivity index (χ2v) is 7.64. The molecule has 0 radical (unpaired) electrons. The zero-order valence-corrected chi connectivity index (χ0v) is 18.0. The summed E-state index contributed by atoms with van der Waals surface area (Å²) in [7, 11) is 0. The highest BCUT2D eigenvalue weighted by Gasteiger charge is 2.22. The fourth-order valence-corrected chi connectivity index (χ4v) is 3.67. The van der Waals surface area contributed by atoms with E-state index in [0.717, 1.165) is 31.5 Å². The molecule has 1 aromatic heterocycles. The summed E-state index contributed by atoms with van der Waals surface area (Å²) in [5, 5.41) is 22.0. The van der Waals surface area contributed by atoms with Crippen molar-refractivity contribution < 1.29 is 19.4 Å². The number of amides is 1. The van der Waals surface area contributed by atoms with Gasteiger partial charge in [0.05, 0.1) is 24.9 Å². The van der Waals surface area contributed by atoms with Gasteiger partial charge in [-0.15, -0.1) is 10.2 Å². The molecule has 1 fully saturated rings. The molecule has 0 aliphatic carbocycles. The molecule has 1 aliphatic rings. The Labute approximate surface area is 186 Å². The van der Waals surface area contributed by atoms with Gasteiger partial charge in [-0.05, 0) is 42.7 Å². The standard InChI is InChI=1S/C23H27N5O4/c1-2-10-31-17-7-8-19(20(29)13-17)22-26-27-23(21(24)30)28(22)16-5-3-15(4-6-16)12-18-14-25-9-11-32-18/h3-8,13,18,25,29H,2,9-12,14H2,1H3,(H2,24,30). The van der Waals surface area contributed by atoms with Gasteiger partial charge in [-0.3, -0.25) is 9.36 Å². The monoisotopic (exact) mass is 437 g/mol. The van der Waals surface area contributed by atoms with Gasteiger partial charge < -0.3 is 25.6 Å². The third kappa shape index (κ3) is 4.74. The first-order valence-electron chi connectivity index (χ1n) is 10.7. The molecule has 4 rings (SSSR count). The second kappa shape index (κ2) is 9.80. The molecule has 0 spiro atoms. The molecule has 1 saturated heterocycles. The molecule has 1 amide bonds. The molecule has 1 unspecified atom stereocenters. The number of ether oxygens (including phenoxy) is 2. The lowest BCUT2D eigenvalue weighted by molar-refractivity contribution is 0.0292. The first kappa shape index (κ1) is 21.8. The van der Waals surface area contributed by atoms with Crippen molar-refractivity contribution in [3.8, 4) is 28.6 Å². The van der Waals surface area contributed by atoms with Crippen molar-refractivity contribution in [2.75, 3.05) is 26.3 Å². The SMILES string of the molecule is CCCOc1ccc(-c2nnc(C(N)=O)n2-c2ccc(CC3CNCCO3)cc2)c(O)c1. The molecular formula is C23H27N5O4. The number of morpholine rings is 1. The predicted octanol–water partition coefficient (Wildman–Crippen LogP) is 2.06. The number of hydrogen-bond donors (Lipinski definition) is 3. The Balaban J connectivity index is 1.65. The topological polar surface area (TPSA) is 125 Å². The molecule has 3 aromatic rings. The maximum Gasteiger partial charge on any atom is 0.287 e. The maximum atomic E-state index is 12.0. The van der Waals surface area contributed by atoms with Crippen molar-refractivity contribution in [3.63, 3.8) is 0 Å². The largest absolute Gasteiger partial charge is 0.507 e. The normalized spacial score (nSPS) is 16.1. The summed E-state index contributed by atoms with van der Waals surface area (Å²) in [6, 6.07) is 12.7. The molecule has 9 heteroatoms. The smallest absolute Gasteiger partial charge is 0.287 e. The Morgan fingerprint density at radius 3 is 2.75 bits per heavy atom. The minimum Gasteiger partial charge on any atom is -0.507 e. The van der Waals surface area contributed by atoms with Crippen molar-refractivity contribution >= 4 is 5.91 Å². The van der Waals surface area contributed by atoms with Crippen LogP contribution in [0, 0.1) is 0 Å². The molecule has 32 heavy (non-hydrogen) atoms. The molecule has 0 saturated carbocycles. The van der Waals surface area contributed by atoms with Crippen molar-refractivity contribution in [1.29, 1.82) is 0 Å². The van der Waals surface area contributed by atoms with Crippen molar-refractivity contribution in [2.24, 2.45) is 5.73 Å². The molecule has 0 bridgehead atoms. The van der Waals surface area contributed by atoms with Gasteiger partial charge in [0.25, 0.3) is 5.91 Å². The number of nitrogens with two attached hydrogens (primary N) is 1. The van der Waals surface area contributed by atoms with Gasteiger partial charge in [-0.2, -0.15) is 0 Å². The Bertz CT molecular complexity index is 1070. The molecule has 4 N–H and O–H groups in total. The number of carbonyl (C=O) groups is 1. The van der Waals surface area contributed by atoms with Gasteiger partial charge in [0.15, 0.2) is 5.82 Å². The highest BCUT2D eigenvalue weighted by Crippen LogP contribution is 2.33. The minimum absolute atomic E-state index is 0.0155. The van der Waals surface area contributed by atoms with Crippen LogP contribution in [0.15, 0.2) is 42.5 Å². The van der Waals surface area contributed by atoms with E-state index in [1.165, 1.54) is 6.07 Å². The van der Waals surface area contributed by atoms with Gasteiger partial charge in [-0.25, -0.2) is 0 Å². The average Bonchev–Trinajstić information content (AvgIpc) is 3.24. The maximum absolute atomic E-state index is 12.0. The van der Waals surface area contributed by atoms with Gasteiger partial charge in [0.2, 0.25) is 5.82 Å². The number of phenolic OH excluding ortho intramolecular Hbond substituents is 1. The first-order valence-corrected chi connectivity index (χ1v) is 10.7. The Morgan fingerprint density at radius 1 is 1.28 bits per heavy atom. The van der Waals surface area contributed by atoms with Gasteiger partial charge >= 0.3 is 0 Å². The van der Waals surface area contributed by atoms with E-state index in [1.54, 1.807) is 16.7 Å². The van der Waals surface area contributed by atoms with E-state index < -0.39 is 5.91 Å². The Hall–Kier alpha value is -3.43. The molecule has 1 aliphatic heterocycles. The van der Waals surface area contributed by atoms with E-state index in [-0.39, 0.29) is 17.7 Å². The predicted molar refractivity (Wildman–Crippen MR) is 119 cm³/mol. The Morgan fingerprint density at radius 2 is 2.09 bits per heavy atom. The van der Waals surface area contributed by atoms with Crippen LogP contribution in [0.25, 0.3) is 17.1 Å². The lowest BCUT2D eigenvalue weighted by Gasteiger charge is -2.23. The molecule has 1 atom stereocenters. The number of phenols is 1. The van der Waals surface area contributed by atoms with Crippen LogP contribution in [0.1, 0.15) is 29.5 Å². The number of aromatic hydroxyl groups is 1. The number of nitrogens with one attached hydrogen (secondary N) is 1. The van der Waals surface area contributed by atoms with Gasteiger partial charge in [-0.1, -0.05) is 19.1 Å². The van der Waals surface area contributed by atoms with Crippen LogP contribution in [0.3, 0.4) is 0 Å². The number of carbonyl (C=O) groups excluding carboxylic acids is 1. The molecule has 2 aromatic carbocycles. The van der Waals surface area contributed by atoms with Crippen LogP contribution < -0.4 is 15.8 Å². The fourth-order valence-electron chi connectivity index (χ4n) is 3.67. The molecule has 9 nitrogen and oxygen atoms in total. The number of nitrogens with zero attached hydrogens (tertiary/aromatic N) is 3. The molecular weight excluding hydrogens is 410 g/mol. The van der Waals surface area contributed by atoms with Crippen molar-refractivity contribution in [3.05, 3.63) is 53.9 Å². The van der Waals surface area contributed by atoms with E-state index in [2.05, 4.69) is 15.5 Å². The van der Waals surface area contributed by atoms with E-state index in [1.807, 2.05) is 31.2 Å². The molecule has 2 heterocycles. The average molecular weight is 438 g/mol. The van der Waals surface area contributed by atoms with E-state index in [0.29, 0.717) is 36.0 Å². The van der Waals surface area contributed by atoms with Gasteiger partial charge in [0, 0.05) is 24.8 Å². The van der Waals surface area contributed by atoms with Crippen LogP contribution >= 0.6 is 0 Å². The Kier molecular flexibility index (Phi) is 6.67. The first-order chi connectivity index (χ1) is 15.6. The lowest BCUT2D eigenvalue weighted by Crippen LogP contribution is -2.39. The zero-order chi connectivity index (χ0) is 22.5. The van der Waals surface area contributed by atoms with Crippen LogP contribution in [0.2, 0.25) is 0 Å². The minimum atomic E-state index is -0.711. The van der Waals surface area contributed by atoms with E-state index in [9.17, 15) is 9.90 Å². The van der Waals surface area contributed by atoms with Crippen LogP contribution in [0.4, 0.5) is 0 Å². The number of primary amides is 1. The number of rotatable bonds is 8. The zero-order valence-electron chi connectivity index (χ0n) is 18.0. The second-order valence-electron chi connectivity index (χ2n) is 7.64. The van der Waals surface area contributed by atoms with E-state index >= 15 is 0 Å². The highest BCUT2D eigenvalue weighted by molar-refractivity contribution is 5.90. The van der Waals surface area contributed by atoms with Crippen LogP contribution in [-0.4, -0.2) is 58.2 Å². The third-order valence-electron chi connectivity index (χ3n) is 5.23. The van der Waals surface area contributed by atoms with Gasteiger partial charge in [0.1, 0.15) is 11.5 Å².